The molecular formula is C33H31N3O2. The summed E-state index contributed by atoms with van der Waals surface area (Å²) in [4.78, 5) is 31.3. The highest BCUT2D eigenvalue weighted by Gasteiger charge is 2.21. The molecule has 190 valence electrons. The Labute approximate surface area is 222 Å². The minimum absolute atomic E-state index is 0.107. The summed E-state index contributed by atoms with van der Waals surface area (Å²) in [5, 5.41) is 3.41. The van der Waals surface area contributed by atoms with Crippen LogP contribution in [0.4, 0.5) is 5.69 Å². The van der Waals surface area contributed by atoms with E-state index in [0.29, 0.717) is 35.4 Å². The highest BCUT2D eigenvalue weighted by atomic mass is 16.2. The number of hydrogen-bond donors (Lipinski definition) is 1. The second-order valence-electron chi connectivity index (χ2n) is 10.6. The Bertz CT molecular complexity index is 1630. The van der Waals surface area contributed by atoms with Crippen molar-refractivity contribution in [3.8, 4) is 11.1 Å². The number of anilines is 1. The fourth-order valence-electron chi connectivity index (χ4n) is 4.36. The van der Waals surface area contributed by atoms with E-state index < -0.39 is 5.41 Å². The molecule has 0 spiro atoms. The third kappa shape index (κ3) is 5.57. The molecule has 0 atom stereocenters. The summed E-state index contributed by atoms with van der Waals surface area (Å²) in [5.74, 6) is 0.594. The van der Waals surface area contributed by atoms with Gasteiger partial charge in [-0.2, -0.15) is 0 Å². The standard InChI is InChI=1S/C33H31N3O2/c1-33(2,3)32(38)34-27-18-19-29-28(21-27)31(37)36(30(35-29)20-23-10-6-4-7-11-23)22-24-14-16-26(17-15-24)25-12-8-5-9-13-25/h4-19,21H,20,22H2,1-3H3,(H,34,38). The second-order valence-corrected chi connectivity index (χ2v) is 10.6. The zero-order valence-electron chi connectivity index (χ0n) is 21.9. The Kier molecular flexibility index (Phi) is 6.93. The molecule has 5 heteroatoms. The molecule has 0 saturated carbocycles. The van der Waals surface area contributed by atoms with Crippen molar-refractivity contribution in [1.82, 2.24) is 9.55 Å². The van der Waals surface area contributed by atoms with Crippen LogP contribution in [-0.2, 0) is 17.8 Å². The summed E-state index contributed by atoms with van der Waals surface area (Å²) in [6, 6.07) is 33.9. The summed E-state index contributed by atoms with van der Waals surface area (Å²) in [5.41, 5.74) is 4.91. The molecule has 5 rings (SSSR count). The zero-order valence-corrected chi connectivity index (χ0v) is 21.9. The molecular weight excluding hydrogens is 470 g/mol. The normalized spacial score (nSPS) is 11.4. The summed E-state index contributed by atoms with van der Waals surface area (Å²) >= 11 is 0. The number of nitrogens with one attached hydrogen (secondary N) is 1. The SMILES string of the molecule is CC(C)(C)C(=O)Nc1ccc2nc(Cc3ccccc3)n(Cc3ccc(-c4ccccc4)cc3)c(=O)c2c1. The maximum atomic E-state index is 13.9. The molecule has 0 radical (unpaired) electrons. The third-order valence-corrected chi connectivity index (χ3v) is 6.58. The monoisotopic (exact) mass is 501 g/mol. The van der Waals surface area contributed by atoms with Crippen LogP contribution in [0.5, 0.6) is 0 Å². The summed E-state index contributed by atoms with van der Waals surface area (Å²) in [7, 11) is 0. The number of rotatable bonds is 6. The molecule has 1 N–H and O–H groups in total. The van der Waals surface area contributed by atoms with Crippen molar-refractivity contribution in [3.63, 3.8) is 0 Å². The van der Waals surface area contributed by atoms with Gasteiger partial charge in [-0.1, -0.05) is 106 Å². The van der Waals surface area contributed by atoms with Crippen LogP contribution in [0.3, 0.4) is 0 Å². The fourth-order valence-corrected chi connectivity index (χ4v) is 4.36. The summed E-state index contributed by atoms with van der Waals surface area (Å²) in [6.07, 6.45) is 0.538. The Morgan fingerprint density at radius 3 is 2.08 bits per heavy atom. The molecule has 0 aliphatic heterocycles. The molecule has 5 aromatic rings. The van der Waals surface area contributed by atoms with E-state index in [1.165, 1.54) is 0 Å². The minimum atomic E-state index is -0.543. The van der Waals surface area contributed by atoms with Crippen LogP contribution in [0.25, 0.3) is 22.0 Å². The largest absolute Gasteiger partial charge is 0.326 e. The van der Waals surface area contributed by atoms with Gasteiger partial charge in [0.05, 0.1) is 17.4 Å². The van der Waals surface area contributed by atoms with Crippen LogP contribution < -0.4 is 10.9 Å². The Morgan fingerprint density at radius 1 is 0.789 bits per heavy atom. The molecule has 1 amide bonds. The van der Waals surface area contributed by atoms with Crippen molar-refractivity contribution in [2.45, 2.75) is 33.7 Å². The molecule has 0 aliphatic rings. The first-order valence-electron chi connectivity index (χ1n) is 12.8. The van der Waals surface area contributed by atoms with Crippen LogP contribution in [0.2, 0.25) is 0 Å². The molecule has 0 unspecified atom stereocenters. The van der Waals surface area contributed by atoms with Crippen LogP contribution >= 0.6 is 0 Å². The van der Waals surface area contributed by atoms with Gasteiger partial charge in [-0.3, -0.25) is 14.2 Å². The number of amides is 1. The van der Waals surface area contributed by atoms with E-state index in [9.17, 15) is 9.59 Å². The highest BCUT2D eigenvalue weighted by Crippen LogP contribution is 2.22. The molecule has 5 nitrogen and oxygen atoms in total. The van der Waals surface area contributed by atoms with E-state index in [4.69, 9.17) is 4.98 Å². The topological polar surface area (TPSA) is 64.0 Å². The maximum absolute atomic E-state index is 13.9. The second kappa shape index (κ2) is 10.5. The molecule has 0 bridgehead atoms. The van der Waals surface area contributed by atoms with Gasteiger partial charge in [-0.15, -0.1) is 0 Å². The van der Waals surface area contributed by atoms with Crippen molar-refractivity contribution >= 4 is 22.5 Å². The van der Waals surface area contributed by atoms with Crippen LogP contribution in [0.15, 0.2) is 108 Å². The van der Waals surface area contributed by atoms with Gasteiger partial charge in [-0.05, 0) is 40.5 Å². The van der Waals surface area contributed by atoms with Crippen molar-refractivity contribution in [1.29, 1.82) is 0 Å². The Morgan fingerprint density at radius 2 is 1.42 bits per heavy atom. The lowest BCUT2D eigenvalue weighted by Gasteiger charge is -2.18. The zero-order chi connectivity index (χ0) is 26.7. The molecule has 38 heavy (non-hydrogen) atoms. The number of aromatic nitrogens is 2. The first kappa shape index (κ1) is 25.2. The van der Waals surface area contributed by atoms with Crippen molar-refractivity contribution in [2.24, 2.45) is 5.41 Å². The minimum Gasteiger partial charge on any atom is -0.326 e. The molecule has 4 aromatic carbocycles. The summed E-state index contributed by atoms with van der Waals surface area (Å²) < 4.78 is 1.75. The quantitative estimate of drug-likeness (QED) is 0.282. The van der Waals surface area contributed by atoms with E-state index in [-0.39, 0.29) is 11.5 Å². The van der Waals surface area contributed by atoms with Gasteiger partial charge in [0.1, 0.15) is 5.82 Å². The average Bonchev–Trinajstić information content (AvgIpc) is 2.92. The predicted octanol–water partition coefficient (Wildman–Crippen LogP) is 6.69. The molecule has 1 heterocycles. The number of nitrogens with zero attached hydrogens (tertiary/aromatic N) is 2. The third-order valence-electron chi connectivity index (χ3n) is 6.58. The van der Waals surface area contributed by atoms with Gasteiger partial charge in [0.25, 0.3) is 5.56 Å². The number of hydrogen-bond acceptors (Lipinski definition) is 3. The van der Waals surface area contributed by atoms with Crippen molar-refractivity contribution in [2.75, 3.05) is 5.32 Å². The first-order chi connectivity index (χ1) is 18.3. The van der Waals surface area contributed by atoms with E-state index in [1.807, 2.05) is 75.4 Å². The molecule has 0 aliphatic carbocycles. The van der Waals surface area contributed by atoms with Gasteiger partial charge in [0.15, 0.2) is 0 Å². The van der Waals surface area contributed by atoms with Gasteiger partial charge >= 0.3 is 0 Å². The van der Waals surface area contributed by atoms with Gasteiger partial charge in [0, 0.05) is 17.5 Å². The van der Waals surface area contributed by atoms with E-state index >= 15 is 0 Å². The van der Waals surface area contributed by atoms with Gasteiger partial charge in [0.2, 0.25) is 5.91 Å². The van der Waals surface area contributed by atoms with Crippen LogP contribution in [0, 0.1) is 5.41 Å². The van der Waals surface area contributed by atoms with Gasteiger partial charge in [-0.25, -0.2) is 4.98 Å². The smallest absolute Gasteiger partial charge is 0.261 e. The Balaban J connectivity index is 1.55. The number of carbonyl (C=O) groups excluding carboxylic acids is 1. The van der Waals surface area contributed by atoms with Crippen LogP contribution in [0.1, 0.15) is 37.7 Å². The lowest BCUT2D eigenvalue weighted by Crippen LogP contribution is -2.28. The fraction of sp³-hybridized carbons (Fsp3) is 0.182. The summed E-state index contributed by atoms with van der Waals surface area (Å²) in [6.45, 7) is 5.97. The van der Waals surface area contributed by atoms with Crippen molar-refractivity contribution in [3.05, 3.63) is 130 Å². The number of benzene rings is 4. The van der Waals surface area contributed by atoms with Crippen molar-refractivity contribution < 1.29 is 4.79 Å². The number of carbonyl (C=O) groups is 1. The van der Waals surface area contributed by atoms with E-state index in [1.54, 1.807) is 16.7 Å². The van der Waals surface area contributed by atoms with Gasteiger partial charge < -0.3 is 5.32 Å². The maximum Gasteiger partial charge on any atom is 0.261 e. The molecule has 1 aromatic heterocycles. The lowest BCUT2D eigenvalue weighted by atomic mass is 9.95. The Hall–Kier alpha value is -4.51. The van der Waals surface area contributed by atoms with E-state index in [0.717, 1.165) is 22.3 Å². The van der Waals surface area contributed by atoms with Crippen LogP contribution in [-0.4, -0.2) is 15.5 Å². The molecule has 0 saturated heterocycles. The number of fused-ring (bicyclic) bond motifs is 1. The average molecular weight is 502 g/mol. The highest BCUT2D eigenvalue weighted by molar-refractivity contribution is 5.96. The van der Waals surface area contributed by atoms with E-state index in [2.05, 4.69) is 41.7 Å². The lowest BCUT2D eigenvalue weighted by molar-refractivity contribution is -0.123. The first-order valence-corrected chi connectivity index (χ1v) is 12.8. The predicted molar refractivity (Wildman–Crippen MR) is 154 cm³/mol. The molecule has 0 fully saturated rings.